The largest absolute Gasteiger partial charge is 0.486 e. The molecule has 0 unspecified atom stereocenters. The van der Waals surface area contributed by atoms with Crippen molar-refractivity contribution < 1.29 is 14.3 Å². The van der Waals surface area contributed by atoms with E-state index in [1.165, 1.54) is 5.56 Å². The molecule has 4 rings (SSSR count). The molecule has 0 fully saturated rings. The van der Waals surface area contributed by atoms with Crippen LogP contribution < -0.4 is 9.47 Å². The van der Waals surface area contributed by atoms with Gasteiger partial charge in [-0.15, -0.1) is 0 Å². The highest BCUT2D eigenvalue weighted by Crippen LogP contribution is 2.31. The first-order valence-electron chi connectivity index (χ1n) is 9.41. The molecule has 1 aromatic heterocycles. The molecule has 0 N–H and O–H groups in total. The zero-order chi connectivity index (χ0) is 19.2. The molecule has 2 aromatic carbocycles. The second kappa shape index (κ2) is 8.57. The highest BCUT2D eigenvalue weighted by molar-refractivity contribution is 5.95. The second-order valence-electron chi connectivity index (χ2n) is 6.68. The van der Waals surface area contributed by atoms with Gasteiger partial charge in [-0.25, -0.2) is 0 Å². The summed E-state index contributed by atoms with van der Waals surface area (Å²) in [5.74, 6) is 1.29. The minimum absolute atomic E-state index is 0.0234. The van der Waals surface area contributed by atoms with Crippen LogP contribution in [0.5, 0.6) is 11.5 Å². The van der Waals surface area contributed by atoms with E-state index in [1.807, 2.05) is 41.3 Å². The minimum Gasteiger partial charge on any atom is -0.486 e. The Hall–Kier alpha value is -3.34. The number of ether oxygens (including phenoxy) is 2. The monoisotopic (exact) mass is 374 g/mol. The van der Waals surface area contributed by atoms with Crippen LogP contribution in [0.3, 0.4) is 0 Å². The zero-order valence-corrected chi connectivity index (χ0v) is 15.6. The van der Waals surface area contributed by atoms with E-state index in [-0.39, 0.29) is 5.91 Å². The number of fused-ring (bicyclic) bond motifs is 1. The Morgan fingerprint density at radius 1 is 0.893 bits per heavy atom. The van der Waals surface area contributed by atoms with E-state index < -0.39 is 0 Å². The molecule has 0 radical (unpaired) electrons. The summed E-state index contributed by atoms with van der Waals surface area (Å²) in [4.78, 5) is 19.2. The van der Waals surface area contributed by atoms with Crippen LogP contribution in [0.15, 0.2) is 73.1 Å². The van der Waals surface area contributed by atoms with Crippen LogP contribution in [-0.2, 0) is 13.0 Å². The van der Waals surface area contributed by atoms with E-state index >= 15 is 0 Å². The first-order chi connectivity index (χ1) is 13.8. The van der Waals surface area contributed by atoms with Crippen LogP contribution in [0.2, 0.25) is 0 Å². The Labute approximate surface area is 164 Å². The van der Waals surface area contributed by atoms with E-state index in [2.05, 4.69) is 17.1 Å². The summed E-state index contributed by atoms with van der Waals surface area (Å²) in [7, 11) is 0. The molecule has 2 heterocycles. The average molecular weight is 374 g/mol. The fraction of sp³-hybridized carbons (Fsp3) is 0.217. The first-order valence-corrected chi connectivity index (χ1v) is 9.41. The van der Waals surface area contributed by atoms with E-state index in [0.717, 1.165) is 12.0 Å². The minimum atomic E-state index is -0.0234. The number of carbonyl (C=O) groups excluding carboxylic acids is 1. The molecule has 0 atom stereocenters. The smallest absolute Gasteiger partial charge is 0.254 e. The molecule has 1 amide bonds. The van der Waals surface area contributed by atoms with E-state index in [1.54, 1.807) is 24.5 Å². The molecule has 3 aromatic rings. The quantitative estimate of drug-likeness (QED) is 0.660. The Bertz CT molecular complexity index is 929. The van der Waals surface area contributed by atoms with Crippen molar-refractivity contribution in [2.24, 2.45) is 0 Å². The fourth-order valence-corrected chi connectivity index (χ4v) is 3.23. The van der Waals surface area contributed by atoms with Crippen LogP contribution in [0, 0.1) is 0 Å². The van der Waals surface area contributed by atoms with Gasteiger partial charge < -0.3 is 14.4 Å². The Balaban J connectivity index is 1.55. The Kier molecular flexibility index (Phi) is 5.52. The lowest BCUT2D eigenvalue weighted by Gasteiger charge is -2.24. The van der Waals surface area contributed by atoms with Crippen LogP contribution in [-0.4, -0.2) is 35.5 Å². The van der Waals surface area contributed by atoms with Crippen molar-refractivity contribution in [1.29, 1.82) is 0 Å². The summed E-state index contributed by atoms with van der Waals surface area (Å²) in [6.07, 6.45) is 4.29. The third kappa shape index (κ3) is 4.31. The van der Waals surface area contributed by atoms with Crippen molar-refractivity contribution in [3.05, 3.63) is 89.7 Å². The van der Waals surface area contributed by atoms with Gasteiger partial charge in [0.15, 0.2) is 11.5 Å². The third-order valence-electron chi connectivity index (χ3n) is 4.71. The van der Waals surface area contributed by atoms with Gasteiger partial charge in [0.1, 0.15) is 13.2 Å². The van der Waals surface area contributed by atoms with Crippen molar-refractivity contribution in [1.82, 2.24) is 9.88 Å². The maximum Gasteiger partial charge on any atom is 0.254 e. The number of amides is 1. The predicted octanol–water partition coefficient (Wildman–Crippen LogP) is 3.74. The molecule has 0 spiro atoms. The summed E-state index contributed by atoms with van der Waals surface area (Å²) in [5, 5.41) is 0. The molecule has 1 aliphatic rings. The number of pyridine rings is 1. The van der Waals surface area contributed by atoms with Gasteiger partial charge >= 0.3 is 0 Å². The van der Waals surface area contributed by atoms with Gasteiger partial charge in [-0.1, -0.05) is 30.3 Å². The third-order valence-corrected chi connectivity index (χ3v) is 4.71. The van der Waals surface area contributed by atoms with Gasteiger partial charge in [-0.3, -0.25) is 9.78 Å². The fourth-order valence-electron chi connectivity index (χ4n) is 3.23. The predicted molar refractivity (Wildman–Crippen MR) is 107 cm³/mol. The van der Waals surface area contributed by atoms with Crippen molar-refractivity contribution in [2.45, 2.75) is 13.0 Å². The molecule has 5 nitrogen and oxygen atoms in total. The van der Waals surface area contributed by atoms with Crippen molar-refractivity contribution in [3.8, 4) is 11.5 Å². The number of nitrogens with zero attached hydrogens (tertiary/aromatic N) is 2. The number of rotatable bonds is 6. The summed E-state index contributed by atoms with van der Waals surface area (Å²) in [6.45, 7) is 2.19. The normalized spacial score (nSPS) is 12.4. The molecule has 142 valence electrons. The van der Waals surface area contributed by atoms with E-state index in [4.69, 9.17) is 9.47 Å². The van der Waals surface area contributed by atoms with Crippen LogP contribution in [0.4, 0.5) is 0 Å². The van der Waals surface area contributed by atoms with Crippen molar-refractivity contribution >= 4 is 5.91 Å². The van der Waals surface area contributed by atoms with Gasteiger partial charge in [0, 0.05) is 31.0 Å². The van der Waals surface area contributed by atoms with Gasteiger partial charge in [0.25, 0.3) is 5.91 Å². The van der Waals surface area contributed by atoms with E-state index in [0.29, 0.717) is 43.4 Å². The molecular formula is C23H22N2O3. The average Bonchev–Trinajstić information content (AvgIpc) is 2.77. The van der Waals surface area contributed by atoms with Crippen molar-refractivity contribution in [3.63, 3.8) is 0 Å². The first kappa shape index (κ1) is 18.0. The molecular weight excluding hydrogens is 352 g/mol. The Morgan fingerprint density at radius 3 is 2.43 bits per heavy atom. The lowest BCUT2D eigenvalue weighted by molar-refractivity contribution is 0.0744. The summed E-state index contributed by atoms with van der Waals surface area (Å²) < 4.78 is 11.2. The summed E-state index contributed by atoms with van der Waals surface area (Å²) in [6, 6.07) is 19.5. The van der Waals surface area contributed by atoms with Crippen molar-refractivity contribution in [2.75, 3.05) is 19.8 Å². The lowest BCUT2D eigenvalue weighted by atomic mass is 10.1. The maximum atomic E-state index is 13.3. The topological polar surface area (TPSA) is 51.7 Å². The highest BCUT2D eigenvalue weighted by atomic mass is 16.6. The number of aromatic nitrogens is 1. The molecule has 28 heavy (non-hydrogen) atoms. The maximum absolute atomic E-state index is 13.3. The molecule has 1 aliphatic heterocycles. The number of hydrogen-bond acceptors (Lipinski definition) is 4. The molecule has 0 bridgehead atoms. The second-order valence-corrected chi connectivity index (χ2v) is 6.68. The molecule has 0 saturated heterocycles. The summed E-state index contributed by atoms with van der Waals surface area (Å²) in [5.41, 5.74) is 2.86. The molecule has 0 aliphatic carbocycles. The standard InChI is InChI=1S/C23H22N2O3/c26-23(20-6-7-21-22(16-20)28-15-14-27-21)25(17-19-8-11-24-12-9-19)13-10-18-4-2-1-3-5-18/h1-9,11-12,16H,10,13-15,17H2. The molecule has 5 heteroatoms. The van der Waals surface area contributed by atoms with Crippen LogP contribution >= 0.6 is 0 Å². The Morgan fingerprint density at radius 2 is 1.64 bits per heavy atom. The van der Waals surface area contributed by atoms with E-state index in [9.17, 15) is 4.79 Å². The lowest BCUT2D eigenvalue weighted by Crippen LogP contribution is -2.32. The van der Waals surface area contributed by atoms with Gasteiger partial charge in [0.2, 0.25) is 0 Å². The molecule has 0 saturated carbocycles. The number of carbonyl (C=O) groups is 1. The van der Waals surface area contributed by atoms with Gasteiger partial charge in [-0.2, -0.15) is 0 Å². The van der Waals surface area contributed by atoms with Gasteiger partial charge in [-0.05, 0) is 47.9 Å². The summed E-state index contributed by atoms with van der Waals surface area (Å²) >= 11 is 0. The van der Waals surface area contributed by atoms with Crippen LogP contribution in [0.1, 0.15) is 21.5 Å². The number of hydrogen-bond donors (Lipinski definition) is 0. The SMILES string of the molecule is O=C(c1ccc2c(c1)OCCO2)N(CCc1ccccc1)Cc1ccncc1. The highest BCUT2D eigenvalue weighted by Gasteiger charge is 2.20. The van der Waals surface area contributed by atoms with Crippen LogP contribution in [0.25, 0.3) is 0 Å². The van der Waals surface area contributed by atoms with Gasteiger partial charge in [0.05, 0.1) is 0 Å². The zero-order valence-electron chi connectivity index (χ0n) is 15.6. The number of benzene rings is 2.